The Bertz CT molecular complexity index is 364. The Labute approximate surface area is 103 Å². The highest BCUT2D eigenvalue weighted by molar-refractivity contribution is 5.85. The lowest BCUT2D eigenvalue weighted by atomic mass is 10.1. The smallest absolute Gasteiger partial charge is 0.0995 e. The minimum atomic E-state index is 0. The van der Waals surface area contributed by atoms with Gasteiger partial charge in [0, 0.05) is 12.6 Å². The summed E-state index contributed by atoms with van der Waals surface area (Å²) in [4.78, 5) is 0. The Morgan fingerprint density at radius 3 is 2.62 bits per heavy atom. The van der Waals surface area contributed by atoms with E-state index in [4.69, 9.17) is 5.26 Å². The van der Waals surface area contributed by atoms with Crippen LogP contribution in [0.1, 0.15) is 36.8 Å². The summed E-state index contributed by atoms with van der Waals surface area (Å²) >= 11 is 0. The standard InChI is InChI=1S/C13H16N2.ClH/c14-9-11-5-1-2-6-12(11)10-15-13-7-3-4-8-13;/h1-2,5-6,13,15H,3-4,7-8,10H2;1H. The van der Waals surface area contributed by atoms with Crippen LogP contribution in [0.4, 0.5) is 0 Å². The Kier molecular flexibility index (Phi) is 5.31. The van der Waals surface area contributed by atoms with Gasteiger partial charge in [-0.3, -0.25) is 0 Å². The summed E-state index contributed by atoms with van der Waals surface area (Å²) in [6, 6.07) is 10.7. The van der Waals surface area contributed by atoms with Crippen LogP contribution in [-0.4, -0.2) is 6.04 Å². The van der Waals surface area contributed by atoms with Crippen LogP contribution in [0.3, 0.4) is 0 Å². The molecule has 0 radical (unpaired) electrons. The van der Waals surface area contributed by atoms with Crippen LogP contribution in [0.15, 0.2) is 24.3 Å². The molecule has 0 aliphatic heterocycles. The number of nitrogens with zero attached hydrogens (tertiary/aromatic N) is 1. The molecule has 1 fully saturated rings. The van der Waals surface area contributed by atoms with Gasteiger partial charge in [0.15, 0.2) is 0 Å². The maximum Gasteiger partial charge on any atom is 0.0995 e. The van der Waals surface area contributed by atoms with Crippen molar-refractivity contribution in [1.29, 1.82) is 5.26 Å². The molecule has 0 saturated heterocycles. The largest absolute Gasteiger partial charge is 0.310 e. The summed E-state index contributed by atoms with van der Waals surface area (Å²) in [5, 5.41) is 12.5. The van der Waals surface area contributed by atoms with E-state index in [1.165, 1.54) is 25.7 Å². The minimum absolute atomic E-state index is 0. The fraction of sp³-hybridized carbons (Fsp3) is 0.462. The van der Waals surface area contributed by atoms with Gasteiger partial charge in [0.05, 0.1) is 11.6 Å². The van der Waals surface area contributed by atoms with E-state index in [1.54, 1.807) is 0 Å². The zero-order valence-electron chi connectivity index (χ0n) is 9.28. The van der Waals surface area contributed by atoms with Gasteiger partial charge in [0.25, 0.3) is 0 Å². The van der Waals surface area contributed by atoms with Crippen molar-refractivity contribution in [1.82, 2.24) is 5.32 Å². The van der Waals surface area contributed by atoms with E-state index < -0.39 is 0 Å². The van der Waals surface area contributed by atoms with Gasteiger partial charge in [0.1, 0.15) is 0 Å². The molecule has 1 aromatic carbocycles. The molecule has 16 heavy (non-hydrogen) atoms. The molecule has 1 aromatic rings. The zero-order chi connectivity index (χ0) is 10.5. The van der Waals surface area contributed by atoms with Crippen molar-refractivity contribution in [2.75, 3.05) is 0 Å². The van der Waals surface area contributed by atoms with Gasteiger partial charge in [-0.2, -0.15) is 5.26 Å². The molecule has 0 aromatic heterocycles. The molecule has 0 amide bonds. The SMILES string of the molecule is Cl.N#Cc1ccccc1CNC1CCCC1. The van der Waals surface area contributed by atoms with Crippen molar-refractivity contribution in [2.45, 2.75) is 38.3 Å². The quantitative estimate of drug-likeness (QED) is 0.876. The molecule has 1 aliphatic rings. The maximum absolute atomic E-state index is 8.93. The summed E-state index contributed by atoms with van der Waals surface area (Å²) in [7, 11) is 0. The van der Waals surface area contributed by atoms with Gasteiger partial charge in [-0.25, -0.2) is 0 Å². The molecular weight excluding hydrogens is 220 g/mol. The first-order valence-electron chi connectivity index (χ1n) is 5.61. The van der Waals surface area contributed by atoms with Crippen molar-refractivity contribution >= 4 is 12.4 Å². The normalized spacial score (nSPS) is 15.4. The lowest BCUT2D eigenvalue weighted by molar-refractivity contribution is 0.524. The summed E-state index contributed by atoms with van der Waals surface area (Å²) in [6.45, 7) is 0.828. The highest BCUT2D eigenvalue weighted by Crippen LogP contribution is 2.18. The van der Waals surface area contributed by atoms with Crippen LogP contribution < -0.4 is 5.32 Å². The first-order valence-corrected chi connectivity index (χ1v) is 5.61. The number of hydrogen-bond donors (Lipinski definition) is 1. The fourth-order valence-electron chi connectivity index (χ4n) is 2.17. The van der Waals surface area contributed by atoms with E-state index in [0.29, 0.717) is 6.04 Å². The summed E-state index contributed by atoms with van der Waals surface area (Å²) < 4.78 is 0. The van der Waals surface area contributed by atoms with E-state index in [2.05, 4.69) is 11.4 Å². The highest BCUT2D eigenvalue weighted by atomic mass is 35.5. The topological polar surface area (TPSA) is 35.8 Å². The fourth-order valence-corrected chi connectivity index (χ4v) is 2.17. The molecule has 2 rings (SSSR count). The molecule has 2 nitrogen and oxygen atoms in total. The van der Waals surface area contributed by atoms with Crippen LogP contribution in [0, 0.1) is 11.3 Å². The van der Waals surface area contributed by atoms with E-state index >= 15 is 0 Å². The lowest BCUT2D eigenvalue weighted by Gasteiger charge is -2.12. The van der Waals surface area contributed by atoms with Crippen molar-refractivity contribution in [3.05, 3.63) is 35.4 Å². The molecule has 0 bridgehead atoms. The molecule has 3 heteroatoms. The third kappa shape index (κ3) is 3.23. The predicted octanol–water partition coefficient (Wildman–Crippen LogP) is 3.01. The average molecular weight is 237 g/mol. The van der Waals surface area contributed by atoms with Crippen molar-refractivity contribution in [3.8, 4) is 6.07 Å². The summed E-state index contributed by atoms with van der Waals surface area (Å²) in [5.74, 6) is 0. The van der Waals surface area contributed by atoms with Crippen LogP contribution >= 0.6 is 12.4 Å². The lowest BCUT2D eigenvalue weighted by Crippen LogP contribution is -2.25. The first kappa shape index (κ1) is 13.0. The number of benzene rings is 1. The summed E-state index contributed by atoms with van der Waals surface area (Å²) in [6.07, 6.45) is 5.26. The highest BCUT2D eigenvalue weighted by Gasteiger charge is 2.14. The molecule has 1 saturated carbocycles. The van der Waals surface area contributed by atoms with Gasteiger partial charge in [-0.1, -0.05) is 31.0 Å². The Morgan fingerprint density at radius 2 is 1.94 bits per heavy atom. The van der Waals surface area contributed by atoms with Crippen molar-refractivity contribution in [3.63, 3.8) is 0 Å². The molecule has 1 aliphatic carbocycles. The number of nitriles is 1. The van der Waals surface area contributed by atoms with Gasteiger partial charge in [-0.15, -0.1) is 12.4 Å². The van der Waals surface area contributed by atoms with Crippen LogP contribution in [0.25, 0.3) is 0 Å². The molecule has 0 heterocycles. The van der Waals surface area contributed by atoms with Gasteiger partial charge >= 0.3 is 0 Å². The van der Waals surface area contributed by atoms with E-state index in [-0.39, 0.29) is 12.4 Å². The number of rotatable bonds is 3. The molecule has 1 N–H and O–H groups in total. The number of halogens is 1. The van der Waals surface area contributed by atoms with Crippen LogP contribution in [-0.2, 0) is 6.54 Å². The second-order valence-electron chi connectivity index (χ2n) is 4.13. The Hall–Kier alpha value is -1.04. The second kappa shape index (κ2) is 6.52. The average Bonchev–Trinajstić information content (AvgIpc) is 2.79. The predicted molar refractivity (Wildman–Crippen MR) is 67.5 cm³/mol. The monoisotopic (exact) mass is 236 g/mol. The number of nitrogens with one attached hydrogen (secondary N) is 1. The van der Waals surface area contributed by atoms with Crippen molar-refractivity contribution < 1.29 is 0 Å². The van der Waals surface area contributed by atoms with Gasteiger partial charge in [0.2, 0.25) is 0 Å². The van der Waals surface area contributed by atoms with Gasteiger partial charge in [-0.05, 0) is 24.5 Å². The van der Waals surface area contributed by atoms with E-state index in [0.717, 1.165) is 17.7 Å². The molecule has 0 spiro atoms. The Balaban J connectivity index is 0.00000128. The molecule has 0 unspecified atom stereocenters. The van der Waals surface area contributed by atoms with E-state index in [1.807, 2.05) is 24.3 Å². The summed E-state index contributed by atoms with van der Waals surface area (Å²) in [5.41, 5.74) is 1.91. The van der Waals surface area contributed by atoms with Crippen LogP contribution in [0.2, 0.25) is 0 Å². The molecule has 86 valence electrons. The maximum atomic E-state index is 8.93. The first-order chi connectivity index (χ1) is 7.40. The van der Waals surface area contributed by atoms with Crippen LogP contribution in [0.5, 0.6) is 0 Å². The van der Waals surface area contributed by atoms with Crippen molar-refractivity contribution in [2.24, 2.45) is 0 Å². The zero-order valence-corrected chi connectivity index (χ0v) is 10.1. The van der Waals surface area contributed by atoms with Gasteiger partial charge < -0.3 is 5.32 Å². The second-order valence-corrected chi connectivity index (χ2v) is 4.13. The third-order valence-corrected chi connectivity index (χ3v) is 3.07. The third-order valence-electron chi connectivity index (χ3n) is 3.07. The molecular formula is C13H17ClN2. The Morgan fingerprint density at radius 1 is 1.25 bits per heavy atom. The minimum Gasteiger partial charge on any atom is -0.310 e. The molecule has 0 atom stereocenters. The van der Waals surface area contributed by atoms with E-state index in [9.17, 15) is 0 Å². The number of hydrogen-bond acceptors (Lipinski definition) is 2.